The van der Waals surface area contributed by atoms with Crippen molar-refractivity contribution < 1.29 is 27.5 Å². The lowest BCUT2D eigenvalue weighted by Crippen LogP contribution is -2.44. The molecule has 1 saturated heterocycles. The first-order chi connectivity index (χ1) is 16.2. The number of carbonyl (C=O) groups excluding carboxylic acids is 2. The Morgan fingerprint density at radius 2 is 2.00 bits per heavy atom. The van der Waals surface area contributed by atoms with Gasteiger partial charge in [0, 0.05) is 24.8 Å². The van der Waals surface area contributed by atoms with E-state index in [0.29, 0.717) is 54.4 Å². The molecule has 9 nitrogen and oxygen atoms in total. The molecule has 0 unspecified atom stereocenters. The van der Waals surface area contributed by atoms with Crippen molar-refractivity contribution in [3.63, 3.8) is 0 Å². The largest absolute Gasteiger partial charge is 0.494 e. The van der Waals surface area contributed by atoms with E-state index in [1.54, 1.807) is 44.2 Å². The normalized spacial score (nSPS) is 20.6. The molecule has 2 aliphatic heterocycles. The predicted molar refractivity (Wildman–Crippen MR) is 128 cm³/mol. The standard InChI is InChI=1S/C24H29N3O6S/c1-4-32-19-9-7-18(8-10-19)25-24(29)17-6-5-11-27(14-17)34(30,31)22-13-21-20(12-15(22)2)26-23(28)16(3)33-21/h7-10,12-13,16-17H,4-6,11,14H2,1-3H3,(H,25,29)(H,26,28)/t16-,17+/m0/s1. The second-order valence-electron chi connectivity index (χ2n) is 8.51. The van der Waals surface area contributed by atoms with Crippen LogP contribution in [-0.4, -0.2) is 50.3 Å². The summed E-state index contributed by atoms with van der Waals surface area (Å²) in [6.45, 7) is 6.16. The number of nitrogens with one attached hydrogen (secondary N) is 2. The molecule has 0 saturated carbocycles. The summed E-state index contributed by atoms with van der Waals surface area (Å²) >= 11 is 0. The Hall–Kier alpha value is -3.11. The third-order valence-corrected chi connectivity index (χ3v) is 8.02. The van der Waals surface area contributed by atoms with Gasteiger partial charge in [0.05, 0.1) is 23.1 Å². The molecule has 0 aromatic heterocycles. The van der Waals surface area contributed by atoms with Crippen LogP contribution in [0.2, 0.25) is 0 Å². The quantitative estimate of drug-likeness (QED) is 0.647. The van der Waals surface area contributed by atoms with Crippen molar-refractivity contribution in [1.82, 2.24) is 4.31 Å². The maximum Gasteiger partial charge on any atom is 0.265 e. The zero-order valence-corrected chi connectivity index (χ0v) is 20.3. The van der Waals surface area contributed by atoms with Gasteiger partial charge >= 0.3 is 0 Å². The molecular formula is C24H29N3O6S. The minimum absolute atomic E-state index is 0.0930. The summed E-state index contributed by atoms with van der Waals surface area (Å²) in [5.74, 6) is 0.0708. The Bertz CT molecular complexity index is 1200. The number of nitrogens with zero attached hydrogens (tertiary/aromatic N) is 1. The summed E-state index contributed by atoms with van der Waals surface area (Å²) in [5.41, 5.74) is 1.58. The first kappa shape index (κ1) is 24.0. The molecule has 1 fully saturated rings. The van der Waals surface area contributed by atoms with Crippen LogP contribution in [0.25, 0.3) is 0 Å². The molecule has 4 rings (SSSR count). The first-order valence-electron chi connectivity index (χ1n) is 11.3. The van der Waals surface area contributed by atoms with Gasteiger partial charge in [-0.2, -0.15) is 4.31 Å². The van der Waals surface area contributed by atoms with E-state index in [1.807, 2.05) is 6.92 Å². The van der Waals surface area contributed by atoms with E-state index in [1.165, 1.54) is 10.4 Å². The fourth-order valence-corrected chi connectivity index (χ4v) is 5.93. The maximum absolute atomic E-state index is 13.5. The van der Waals surface area contributed by atoms with E-state index in [2.05, 4.69) is 10.6 Å². The Morgan fingerprint density at radius 3 is 2.71 bits per heavy atom. The van der Waals surface area contributed by atoms with Gasteiger partial charge < -0.3 is 20.1 Å². The molecule has 0 radical (unpaired) electrons. The number of carbonyl (C=O) groups is 2. The molecule has 10 heteroatoms. The molecule has 0 spiro atoms. The number of fused-ring (bicyclic) bond motifs is 1. The third-order valence-electron chi connectivity index (χ3n) is 6.01. The number of hydrogen-bond acceptors (Lipinski definition) is 6. The minimum Gasteiger partial charge on any atom is -0.494 e. The summed E-state index contributed by atoms with van der Waals surface area (Å²) in [6, 6.07) is 10.1. The van der Waals surface area contributed by atoms with Gasteiger partial charge in [-0.15, -0.1) is 0 Å². The van der Waals surface area contributed by atoms with Crippen molar-refractivity contribution in [2.24, 2.45) is 5.92 Å². The summed E-state index contributed by atoms with van der Waals surface area (Å²) in [7, 11) is -3.86. The lowest BCUT2D eigenvalue weighted by Gasteiger charge is -2.32. The van der Waals surface area contributed by atoms with E-state index < -0.39 is 22.0 Å². The van der Waals surface area contributed by atoms with E-state index in [4.69, 9.17) is 9.47 Å². The topological polar surface area (TPSA) is 114 Å². The van der Waals surface area contributed by atoms with Crippen LogP contribution in [0, 0.1) is 12.8 Å². The molecule has 2 heterocycles. The highest BCUT2D eigenvalue weighted by Gasteiger charge is 2.35. The fraction of sp³-hybridized carbons (Fsp3) is 0.417. The number of hydrogen-bond donors (Lipinski definition) is 2. The van der Waals surface area contributed by atoms with Crippen LogP contribution >= 0.6 is 0 Å². The van der Waals surface area contributed by atoms with Crippen LogP contribution in [0.5, 0.6) is 11.5 Å². The molecule has 2 atom stereocenters. The van der Waals surface area contributed by atoms with Crippen molar-refractivity contribution >= 4 is 33.2 Å². The number of ether oxygens (including phenoxy) is 2. The average Bonchev–Trinajstić information content (AvgIpc) is 2.81. The van der Waals surface area contributed by atoms with Crippen molar-refractivity contribution in [2.75, 3.05) is 30.3 Å². The molecule has 182 valence electrons. The Kier molecular flexibility index (Phi) is 6.81. The van der Waals surface area contributed by atoms with Crippen LogP contribution in [-0.2, 0) is 19.6 Å². The van der Waals surface area contributed by atoms with Crippen molar-refractivity contribution in [3.8, 4) is 11.5 Å². The number of amides is 2. The summed E-state index contributed by atoms with van der Waals surface area (Å²) in [6.07, 6.45) is 0.468. The van der Waals surface area contributed by atoms with Crippen LogP contribution in [0.15, 0.2) is 41.3 Å². The molecule has 0 bridgehead atoms. The maximum atomic E-state index is 13.5. The van der Waals surface area contributed by atoms with Gasteiger partial charge in [0.1, 0.15) is 11.5 Å². The summed E-state index contributed by atoms with van der Waals surface area (Å²) < 4.78 is 39.4. The van der Waals surface area contributed by atoms with Gasteiger partial charge in [0.2, 0.25) is 15.9 Å². The van der Waals surface area contributed by atoms with Gasteiger partial charge in [-0.25, -0.2) is 8.42 Å². The van der Waals surface area contributed by atoms with Gasteiger partial charge in [0.15, 0.2) is 6.10 Å². The SMILES string of the molecule is CCOc1ccc(NC(=O)[C@@H]2CCCN(S(=O)(=O)c3cc4c(cc3C)NC(=O)[C@H](C)O4)C2)cc1. The van der Waals surface area contributed by atoms with E-state index in [9.17, 15) is 18.0 Å². The highest BCUT2D eigenvalue weighted by Crippen LogP contribution is 2.36. The predicted octanol–water partition coefficient (Wildman–Crippen LogP) is 3.15. The molecule has 2 aliphatic rings. The second kappa shape index (κ2) is 9.63. The summed E-state index contributed by atoms with van der Waals surface area (Å²) in [5, 5.41) is 5.61. The zero-order valence-electron chi connectivity index (χ0n) is 19.5. The lowest BCUT2D eigenvalue weighted by molar-refractivity contribution is -0.123. The smallest absolute Gasteiger partial charge is 0.265 e. The minimum atomic E-state index is -3.86. The molecule has 2 amide bonds. The Morgan fingerprint density at radius 1 is 1.26 bits per heavy atom. The molecule has 2 aromatic rings. The van der Waals surface area contributed by atoms with E-state index in [-0.39, 0.29) is 23.3 Å². The van der Waals surface area contributed by atoms with Crippen molar-refractivity contribution in [1.29, 1.82) is 0 Å². The Balaban J connectivity index is 1.49. The molecule has 2 aromatic carbocycles. The highest BCUT2D eigenvalue weighted by atomic mass is 32.2. The molecule has 34 heavy (non-hydrogen) atoms. The number of aryl methyl sites for hydroxylation is 1. The first-order valence-corrected chi connectivity index (χ1v) is 12.8. The van der Waals surface area contributed by atoms with E-state index in [0.717, 1.165) is 0 Å². The van der Waals surface area contributed by atoms with Crippen LogP contribution in [0.1, 0.15) is 32.3 Å². The summed E-state index contributed by atoms with van der Waals surface area (Å²) in [4.78, 5) is 24.9. The van der Waals surface area contributed by atoms with Gasteiger partial charge in [-0.1, -0.05) is 0 Å². The second-order valence-corrected chi connectivity index (χ2v) is 10.4. The van der Waals surface area contributed by atoms with Gasteiger partial charge in [0.25, 0.3) is 5.91 Å². The van der Waals surface area contributed by atoms with E-state index >= 15 is 0 Å². The van der Waals surface area contributed by atoms with Gasteiger partial charge in [-0.05, 0) is 69.5 Å². The number of anilines is 2. The lowest BCUT2D eigenvalue weighted by atomic mass is 9.99. The van der Waals surface area contributed by atoms with Crippen molar-refractivity contribution in [3.05, 3.63) is 42.0 Å². The van der Waals surface area contributed by atoms with Crippen LogP contribution < -0.4 is 20.1 Å². The van der Waals surface area contributed by atoms with Crippen LogP contribution in [0.4, 0.5) is 11.4 Å². The zero-order chi connectivity index (χ0) is 24.5. The third kappa shape index (κ3) is 4.88. The number of piperidine rings is 1. The molecular weight excluding hydrogens is 458 g/mol. The van der Waals surface area contributed by atoms with Crippen molar-refractivity contribution in [2.45, 2.75) is 44.6 Å². The number of sulfonamides is 1. The number of benzene rings is 2. The monoisotopic (exact) mass is 487 g/mol. The highest BCUT2D eigenvalue weighted by molar-refractivity contribution is 7.89. The number of rotatable bonds is 6. The van der Waals surface area contributed by atoms with Gasteiger partial charge in [-0.3, -0.25) is 9.59 Å². The van der Waals surface area contributed by atoms with Crippen LogP contribution in [0.3, 0.4) is 0 Å². The average molecular weight is 488 g/mol. The molecule has 0 aliphatic carbocycles. The fourth-order valence-electron chi connectivity index (χ4n) is 4.18. The Labute approximate surface area is 199 Å². The molecule has 2 N–H and O–H groups in total.